The third-order valence-corrected chi connectivity index (χ3v) is 5.10. The molecule has 8 heteroatoms. The van der Waals surface area contributed by atoms with Crippen LogP contribution in [0.2, 0.25) is 0 Å². The molecular formula is C18H21N3O5. The van der Waals surface area contributed by atoms with E-state index in [1.54, 1.807) is 13.0 Å². The first-order valence-corrected chi connectivity index (χ1v) is 8.93. The van der Waals surface area contributed by atoms with Crippen LogP contribution in [0.1, 0.15) is 53.3 Å². The second-order valence-corrected chi connectivity index (χ2v) is 7.08. The molecule has 26 heavy (non-hydrogen) atoms. The lowest BCUT2D eigenvalue weighted by Gasteiger charge is -2.28. The SMILES string of the molecule is Cc1noc2nc(C3CC3)cc(C(=O)NC(C(=O)O)C3CCCOC3)c12. The van der Waals surface area contributed by atoms with Crippen molar-refractivity contribution in [3.8, 4) is 0 Å². The number of amides is 1. The summed E-state index contributed by atoms with van der Waals surface area (Å²) in [7, 11) is 0. The van der Waals surface area contributed by atoms with Crippen LogP contribution in [0, 0.1) is 12.8 Å². The van der Waals surface area contributed by atoms with E-state index in [0.717, 1.165) is 25.0 Å². The standard InChI is InChI=1S/C18H21N3O5/c1-9-14-12(7-13(10-4-5-10)19-17(14)26-21-9)16(22)20-15(18(23)24)11-3-2-6-25-8-11/h7,10-11,15H,2-6,8H2,1H3,(H,20,22)(H,23,24). The highest BCUT2D eigenvalue weighted by Gasteiger charge is 2.33. The van der Waals surface area contributed by atoms with Crippen molar-refractivity contribution in [2.24, 2.45) is 5.92 Å². The molecule has 1 saturated heterocycles. The van der Waals surface area contributed by atoms with E-state index in [4.69, 9.17) is 9.26 Å². The monoisotopic (exact) mass is 359 g/mol. The molecule has 2 N–H and O–H groups in total. The quantitative estimate of drug-likeness (QED) is 0.839. The third-order valence-electron chi connectivity index (χ3n) is 5.10. The second kappa shape index (κ2) is 6.68. The summed E-state index contributed by atoms with van der Waals surface area (Å²) in [5.41, 5.74) is 2.06. The summed E-state index contributed by atoms with van der Waals surface area (Å²) >= 11 is 0. The van der Waals surface area contributed by atoms with Gasteiger partial charge in [-0.2, -0.15) is 0 Å². The Bertz CT molecular complexity index is 852. The van der Waals surface area contributed by atoms with E-state index in [0.29, 0.717) is 47.9 Å². The molecule has 0 spiro atoms. The zero-order valence-corrected chi connectivity index (χ0v) is 14.5. The van der Waals surface area contributed by atoms with Gasteiger partial charge >= 0.3 is 5.97 Å². The summed E-state index contributed by atoms with van der Waals surface area (Å²) in [4.78, 5) is 29.1. The molecule has 2 fully saturated rings. The second-order valence-electron chi connectivity index (χ2n) is 7.08. The van der Waals surface area contributed by atoms with Crippen LogP contribution in [0.3, 0.4) is 0 Å². The molecule has 2 aliphatic rings. The van der Waals surface area contributed by atoms with E-state index >= 15 is 0 Å². The van der Waals surface area contributed by atoms with Gasteiger partial charge in [0.05, 0.1) is 23.3 Å². The van der Waals surface area contributed by atoms with Gasteiger partial charge in [0.2, 0.25) is 0 Å². The van der Waals surface area contributed by atoms with Gasteiger partial charge in [-0.15, -0.1) is 0 Å². The average Bonchev–Trinajstić information content (AvgIpc) is 3.43. The number of nitrogens with zero attached hydrogens (tertiary/aromatic N) is 2. The summed E-state index contributed by atoms with van der Waals surface area (Å²) in [6, 6.07) is 0.756. The van der Waals surface area contributed by atoms with Crippen LogP contribution in [0.15, 0.2) is 10.6 Å². The molecule has 1 saturated carbocycles. The van der Waals surface area contributed by atoms with Gasteiger partial charge in [0.1, 0.15) is 6.04 Å². The van der Waals surface area contributed by atoms with Crippen molar-refractivity contribution >= 4 is 23.0 Å². The minimum Gasteiger partial charge on any atom is -0.480 e. The van der Waals surface area contributed by atoms with E-state index in [-0.39, 0.29) is 5.92 Å². The largest absolute Gasteiger partial charge is 0.480 e. The molecule has 2 unspecified atom stereocenters. The molecule has 138 valence electrons. The van der Waals surface area contributed by atoms with Gasteiger partial charge in [-0.05, 0) is 38.7 Å². The summed E-state index contributed by atoms with van der Waals surface area (Å²) in [6.07, 6.45) is 3.57. The summed E-state index contributed by atoms with van der Waals surface area (Å²) < 4.78 is 10.6. The number of aromatic nitrogens is 2. The highest BCUT2D eigenvalue weighted by atomic mass is 16.5. The molecule has 3 heterocycles. The summed E-state index contributed by atoms with van der Waals surface area (Å²) in [6.45, 7) is 2.71. The number of aliphatic carboxylic acids is 1. The number of hydrogen-bond donors (Lipinski definition) is 2. The van der Waals surface area contributed by atoms with Crippen molar-refractivity contribution < 1.29 is 24.0 Å². The molecule has 1 aliphatic heterocycles. The zero-order valence-electron chi connectivity index (χ0n) is 14.5. The number of ether oxygens (including phenoxy) is 1. The summed E-state index contributed by atoms with van der Waals surface area (Å²) in [5, 5.41) is 16.7. The molecule has 1 amide bonds. The molecule has 1 aliphatic carbocycles. The normalized spacial score (nSPS) is 21.5. The average molecular weight is 359 g/mol. The number of carboxylic acids is 1. The number of carbonyl (C=O) groups excluding carboxylic acids is 1. The van der Waals surface area contributed by atoms with Crippen LogP contribution < -0.4 is 5.32 Å². The van der Waals surface area contributed by atoms with Crippen molar-refractivity contribution in [2.75, 3.05) is 13.2 Å². The Kier molecular flexibility index (Phi) is 4.36. The van der Waals surface area contributed by atoms with Gasteiger partial charge in [0.15, 0.2) is 0 Å². The fraction of sp³-hybridized carbons (Fsp3) is 0.556. The zero-order chi connectivity index (χ0) is 18.3. The number of pyridine rings is 1. The van der Waals surface area contributed by atoms with Gasteiger partial charge in [-0.1, -0.05) is 5.16 Å². The van der Waals surface area contributed by atoms with E-state index in [9.17, 15) is 14.7 Å². The fourth-order valence-electron chi connectivity index (χ4n) is 3.51. The van der Waals surface area contributed by atoms with Crippen molar-refractivity contribution in [2.45, 2.75) is 44.6 Å². The highest BCUT2D eigenvalue weighted by Crippen LogP contribution is 2.40. The topological polar surface area (TPSA) is 115 Å². The van der Waals surface area contributed by atoms with E-state index < -0.39 is 17.9 Å². The molecule has 2 atom stereocenters. The Balaban J connectivity index is 1.66. The first-order valence-electron chi connectivity index (χ1n) is 8.93. The Morgan fingerprint density at radius 2 is 2.15 bits per heavy atom. The fourth-order valence-corrected chi connectivity index (χ4v) is 3.51. The number of hydrogen-bond acceptors (Lipinski definition) is 6. The molecule has 8 nitrogen and oxygen atoms in total. The molecule has 0 aromatic carbocycles. The molecule has 0 bridgehead atoms. The predicted molar refractivity (Wildman–Crippen MR) is 90.9 cm³/mol. The van der Waals surface area contributed by atoms with Crippen LogP contribution >= 0.6 is 0 Å². The van der Waals surface area contributed by atoms with Crippen molar-refractivity contribution in [1.82, 2.24) is 15.5 Å². The maximum atomic E-state index is 12.9. The first-order chi connectivity index (χ1) is 12.5. The molecule has 4 rings (SSSR count). The number of carboxylic acid groups (broad SMARTS) is 1. The molecule has 0 radical (unpaired) electrons. The van der Waals surface area contributed by atoms with E-state index in [2.05, 4.69) is 15.5 Å². The highest BCUT2D eigenvalue weighted by molar-refractivity contribution is 6.07. The Morgan fingerprint density at radius 1 is 1.35 bits per heavy atom. The smallest absolute Gasteiger partial charge is 0.326 e. The Morgan fingerprint density at radius 3 is 2.81 bits per heavy atom. The number of fused-ring (bicyclic) bond motifs is 1. The van der Waals surface area contributed by atoms with Gasteiger partial charge < -0.3 is 19.7 Å². The third kappa shape index (κ3) is 3.16. The van der Waals surface area contributed by atoms with Crippen molar-refractivity contribution in [1.29, 1.82) is 0 Å². The van der Waals surface area contributed by atoms with Gasteiger partial charge in [-0.3, -0.25) is 4.79 Å². The Hall–Kier alpha value is -2.48. The maximum Gasteiger partial charge on any atom is 0.326 e. The molecular weight excluding hydrogens is 338 g/mol. The minimum absolute atomic E-state index is 0.242. The van der Waals surface area contributed by atoms with Crippen LogP contribution in [0.25, 0.3) is 11.1 Å². The number of rotatable bonds is 5. The lowest BCUT2D eigenvalue weighted by Crippen LogP contribution is -2.48. The van der Waals surface area contributed by atoms with Crippen molar-refractivity contribution in [3.05, 3.63) is 23.0 Å². The van der Waals surface area contributed by atoms with Crippen LogP contribution in [-0.4, -0.2) is 46.4 Å². The minimum atomic E-state index is -1.05. The first kappa shape index (κ1) is 17.0. The van der Waals surface area contributed by atoms with E-state index in [1.807, 2.05) is 0 Å². The number of nitrogens with one attached hydrogen (secondary N) is 1. The number of aryl methyl sites for hydroxylation is 1. The van der Waals surface area contributed by atoms with Crippen molar-refractivity contribution in [3.63, 3.8) is 0 Å². The molecule has 2 aromatic rings. The number of carbonyl (C=O) groups is 2. The van der Waals surface area contributed by atoms with Gasteiger partial charge in [-0.25, -0.2) is 9.78 Å². The van der Waals surface area contributed by atoms with Gasteiger partial charge in [0.25, 0.3) is 11.6 Å². The van der Waals surface area contributed by atoms with Crippen LogP contribution in [0.5, 0.6) is 0 Å². The van der Waals surface area contributed by atoms with Crippen LogP contribution in [-0.2, 0) is 9.53 Å². The van der Waals surface area contributed by atoms with Gasteiger partial charge in [0, 0.05) is 24.1 Å². The predicted octanol–water partition coefficient (Wildman–Crippen LogP) is 2.02. The van der Waals surface area contributed by atoms with Crippen LogP contribution in [0.4, 0.5) is 0 Å². The lowest BCUT2D eigenvalue weighted by atomic mass is 9.93. The lowest BCUT2D eigenvalue weighted by molar-refractivity contribution is -0.142. The summed E-state index contributed by atoms with van der Waals surface area (Å²) in [5.74, 6) is -1.40. The maximum absolute atomic E-state index is 12.9. The molecule has 2 aromatic heterocycles. The van der Waals surface area contributed by atoms with E-state index in [1.165, 1.54) is 0 Å². The Labute approximate surface area is 149 Å².